The molecule has 0 saturated heterocycles. The summed E-state index contributed by atoms with van der Waals surface area (Å²) in [6.45, 7) is 0. The summed E-state index contributed by atoms with van der Waals surface area (Å²) < 4.78 is 1.35. The van der Waals surface area contributed by atoms with E-state index in [-0.39, 0.29) is 5.78 Å². The van der Waals surface area contributed by atoms with Gasteiger partial charge in [-0.2, -0.15) is 4.73 Å². The number of pyridine rings is 1. The fourth-order valence-electron chi connectivity index (χ4n) is 2.88. The van der Waals surface area contributed by atoms with Crippen LogP contribution in [0.2, 0.25) is 9.36 Å². The van der Waals surface area contributed by atoms with Gasteiger partial charge in [-0.3, -0.25) is 4.79 Å². The van der Waals surface area contributed by atoms with Crippen molar-refractivity contribution in [2.45, 2.75) is 0 Å². The number of aromatic nitrogens is 1. The minimum absolute atomic E-state index is 0.123. The van der Waals surface area contributed by atoms with Gasteiger partial charge in [0.05, 0.1) is 14.6 Å². The zero-order chi connectivity index (χ0) is 18.3. The first-order valence-corrected chi connectivity index (χ1v) is 9.32. The Labute approximate surface area is 163 Å². The second kappa shape index (κ2) is 6.72. The molecule has 0 spiro atoms. The number of carbonyl (C=O) groups excluding carboxylic acids is 1. The molecular formula is C20H11Cl2NO2S. The zero-order valence-electron chi connectivity index (χ0n) is 13.3. The van der Waals surface area contributed by atoms with Crippen LogP contribution >= 0.6 is 34.5 Å². The molecule has 0 atom stereocenters. The van der Waals surface area contributed by atoms with Gasteiger partial charge in [-0.25, -0.2) is 0 Å². The van der Waals surface area contributed by atoms with Crippen molar-refractivity contribution in [3.8, 4) is 11.1 Å². The Kier molecular flexibility index (Phi) is 4.41. The molecule has 0 amide bonds. The van der Waals surface area contributed by atoms with Gasteiger partial charge in [-0.1, -0.05) is 35.3 Å². The third-order valence-corrected chi connectivity index (χ3v) is 5.56. The van der Waals surface area contributed by atoms with Crippen LogP contribution in [0.25, 0.3) is 22.0 Å². The van der Waals surface area contributed by atoms with Gasteiger partial charge in [0.1, 0.15) is 0 Å². The average Bonchev–Trinajstić information content (AvgIpc) is 3.07. The Morgan fingerprint density at radius 2 is 1.85 bits per heavy atom. The van der Waals surface area contributed by atoms with Crippen molar-refractivity contribution in [3.63, 3.8) is 0 Å². The zero-order valence-corrected chi connectivity index (χ0v) is 15.6. The molecule has 0 N–H and O–H groups in total. The molecule has 128 valence electrons. The maximum Gasteiger partial charge on any atom is 0.224 e. The number of halogens is 2. The second-order valence-corrected chi connectivity index (χ2v) is 7.88. The van der Waals surface area contributed by atoms with Crippen LogP contribution in [-0.4, -0.2) is 5.78 Å². The average molecular weight is 400 g/mol. The van der Waals surface area contributed by atoms with E-state index in [1.54, 1.807) is 42.5 Å². The summed E-state index contributed by atoms with van der Waals surface area (Å²) in [5, 5.41) is 13.5. The van der Waals surface area contributed by atoms with Crippen LogP contribution in [-0.2, 0) is 0 Å². The fraction of sp³-hybridized carbons (Fsp3) is 0. The molecule has 2 aromatic carbocycles. The molecule has 4 aromatic rings. The minimum atomic E-state index is -0.123. The quantitative estimate of drug-likeness (QED) is 0.250. The van der Waals surface area contributed by atoms with E-state index in [1.165, 1.54) is 17.5 Å². The Bertz CT molecular complexity index is 1150. The molecule has 2 aromatic heterocycles. The molecule has 0 saturated carbocycles. The number of thiophene rings is 1. The van der Waals surface area contributed by atoms with Gasteiger partial charge < -0.3 is 5.21 Å². The summed E-state index contributed by atoms with van der Waals surface area (Å²) in [7, 11) is 0. The van der Waals surface area contributed by atoms with Crippen LogP contribution in [0, 0.1) is 5.21 Å². The number of benzene rings is 2. The highest BCUT2D eigenvalue weighted by Gasteiger charge is 2.17. The smallest absolute Gasteiger partial charge is 0.224 e. The summed E-state index contributed by atoms with van der Waals surface area (Å²) in [6.07, 6.45) is 1.46. The van der Waals surface area contributed by atoms with Crippen molar-refractivity contribution in [2.75, 3.05) is 0 Å². The van der Waals surface area contributed by atoms with E-state index < -0.39 is 0 Å². The van der Waals surface area contributed by atoms with E-state index in [0.717, 1.165) is 15.9 Å². The summed E-state index contributed by atoms with van der Waals surface area (Å²) >= 11 is 13.3. The normalized spacial score (nSPS) is 11.0. The van der Waals surface area contributed by atoms with Crippen LogP contribution in [0.5, 0.6) is 0 Å². The molecule has 3 nitrogen and oxygen atoms in total. The molecule has 0 aliphatic heterocycles. The molecule has 0 aliphatic carbocycles. The first-order chi connectivity index (χ1) is 12.5. The van der Waals surface area contributed by atoms with E-state index in [2.05, 4.69) is 0 Å². The van der Waals surface area contributed by atoms with Crippen molar-refractivity contribution in [1.29, 1.82) is 0 Å². The third-order valence-electron chi connectivity index (χ3n) is 4.10. The number of hydrogen-bond donors (Lipinski definition) is 0. The molecule has 26 heavy (non-hydrogen) atoms. The maximum absolute atomic E-state index is 12.7. The highest BCUT2D eigenvalue weighted by atomic mass is 35.5. The van der Waals surface area contributed by atoms with E-state index in [4.69, 9.17) is 23.2 Å². The topological polar surface area (TPSA) is 44.0 Å². The monoisotopic (exact) mass is 399 g/mol. The lowest BCUT2D eigenvalue weighted by Crippen LogP contribution is -2.26. The number of fused-ring (bicyclic) bond motifs is 1. The first kappa shape index (κ1) is 17.0. The Morgan fingerprint density at radius 3 is 2.58 bits per heavy atom. The Morgan fingerprint density at radius 1 is 1.00 bits per heavy atom. The maximum atomic E-state index is 12.7. The van der Waals surface area contributed by atoms with Crippen molar-refractivity contribution in [2.24, 2.45) is 0 Å². The summed E-state index contributed by atoms with van der Waals surface area (Å²) in [6, 6.07) is 17.6. The van der Waals surface area contributed by atoms with E-state index in [0.29, 0.717) is 30.7 Å². The standard InChI is InChI=1S/C20H11Cl2NO2S/c21-14-3-1-2-12(10-14)15-8-9-23(25)17-5-4-13(11-16(15)17)20(24)18-6-7-19(22)26-18/h1-11H. The van der Waals surface area contributed by atoms with Gasteiger partial charge in [0.15, 0.2) is 6.20 Å². The van der Waals surface area contributed by atoms with Gasteiger partial charge >= 0.3 is 0 Å². The predicted octanol–water partition coefficient (Wildman–Crippen LogP) is 5.74. The molecule has 0 fully saturated rings. The minimum Gasteiger partial charge on any atom is -0.618 e. The second-order valence-electron chi connectivity index (χ2n) is 5.73. The first-order valence-electron chi connectivity index (χ1n) is 7.75. The van der Waals surface area contributed by atoms with Crippen molar-refractivity contribution >= 4 is 51.2 Å². The fourth-order valence-corrected chi connectivity index (χ4v) is 4.08. The number of ketones is 1. The Balaban J connectivity index is 1.91. The summed E-state index contributed by atoms with van der Waals surface area (Å²) in [5.74, 6) is -0.123. The lowest BCUT2D eigenvalue weighted by atomic mass is 9.98. The molecule has 0 unspecified atom stereocenters. The molecule has 2 heterocycles. The van der Waals surface area contributed by atoms with Gasteiger partial charge in [0.25, 0.3) is 0 Å². The predicted molar refractivity (Wildman–Crippen MR) is 106 cm³/mol. The third kappa shape index (κ3) is 3.07. The van der Waals surface area contributed by atoms with E-state index in [9.17, 15) is 10.0 Å². The molecule has 0 radical (unpaired) electrons. The summed E-state index contributed by atoms with van der Waals surface area (Å²) in [5.41, 5.74) is 2.72. The van der Waals surface area contributed by atoms with Crippen molar-refractivity contribution in [3.05, 3.63) is 91.9 Å². The van der Waals surface area contributed by atoms with Gasteiger partial charge in [-0.15, -0.1) is 11.3 Å². The highest BCUT2D eigenvalue weighted by molar-refractivity contribution is 7.18. The van der Waals surface area contributed by atoms with Crippen molar-refractivity contribution < 1.29 is 9.52 Å². The molecule has 4 rings (SSSR count). The van der Waals surface area contributed by atoms with Crippen LogP contribution in [0.1, 0.15) is 15.2 Å². The SMILES string of the molecule is O=C(c1ccc2c(c1)c(-c1cccc(Cl)c1)cc[n+]2[O-])c1ccc(Cl)s1. The lowest BCUT2D eigenvalue weighted by Gasteiger charge is -2.09. The van der Waals surface area contributed by atoms with Gasteiger partial charge in [0.2, 0.25) is 11.3 Å². The summed E-state index contributed by atoms with van der Waals surface area (Å²) in [4.78, 5) is 13.3. The number of rotatable bonds is 3. The van der Waals surface area contributed by atoms with E-state index >= 15 is 0 Å². The highest BCUT2D eigenvalue weighted by Crippen LogP contribution is 2.30. The van der Waals surface area contributed by atoms with Gasteiger partial charge in [0, 0.05) is 28.3 Å². The van der Waals surface area contributed by atoms with Crippen LogP contribution in [0.3, 0.4) is 0 Å². The van der Waals surface area contributed by atoms with Crippen LogP contribution in [0.4, 0.5) is 0 Å². The van der Waals surface area contributed by atoms with Crippen LogP contribution < -0.4 is 4.73 Å². The Hall–Kier alpha value is -2.40. The molecular weight excluding hydrogens is 389 g/mol. The number of nitrogens with zero attached hydrogens (tertiary/aromatic N) is 1. The number of hydrogen-bond acceptors (Lipinski definition) is 3. The number of carbonyl (C=O) groups is 1. The molecule has 0 aliphatic rings. The molecule has 6 heteroatoms. The van der Waals surface area contributed by atoms with Gasteiger partial charge in [-0.05, 0) is 42.0 Å². The largest absolute Gasteiger partial charge is 0.618 e. The van der Waals surface area contributed by atoms with E-state index in [1.807, 2.05) is 18.2 Å². The van der Waals surface area contributed by atoms with Crippen molar-refractivity contribution in [1.82, 2.24) is 0 Å². The lowest BCUT2D eigenvalue weighted by molar-refractivity contribution is -0.576. The molecule has 0 bridgehead atoms. The van der Waals surface area contributed by atoms with Crippen LogP contribution in [0.15, 0.2) is 66.9 Å².